The van der Waals surface area contributed by atoms with Crippen molar-refractivity contribution in [2.45, 2.75) is 45.7 Å². The molecule has 186 valence electrons. The number of halogens is 1. The van der Waals surface area contributed by atoms with Crippen LogP contribution in [0.1, 0.15) is 72.2 Å². The molecule has 2 aromatic carbocycles. The molecular weight excluding hydrogens is 484 g/mol. The zero-order chi connectivity index (χ0) is 28.9. The fourth-order valence-corrected chi connectivity index (χ4v) is 4.15. The van der Waals surface area contributed by atoms with Gasteiger partial charge in [0, 0.05) is 26.5 Å². The first kappa shape index (κ1) is 21.0. The highest BCUT2D eigenvalue weighted by Gasteiger charge is 2.27. The maximum atomic E-state index is 9.83. The Bertz CT molecular complexity index is 1690. The number of hydrogen-bond acceptors (Lipinski definition) is 7. The number of anilines is 2. The summed E-state index contributed by atoms with van der Waals surface area (Å²) in [5.41, 5.74) is 1.58. The van der Waals surface area contributed by atoms with Crippen LogP contribution in [-0.4, -0.2) is 26.5 Å². The van der Waals surface area contributed by atoms with Crippen LogP contribution in [0.5, 0.6) is 0 Å². The molecule has 8 nitrogen and oxygen atoms in total. The summed E-state index contributed by atoms with van der Waals surface area (Å²) in [5.74, 6) is 0. The summed E-state index contributed by atoms with van der Waals surface area (Å²) in [6.45, 7) is 3.39. The first-order chi connectivity index (χ1) is 18.9. The molecule has 1 fully saturated rings. The molecule has 0 unspecified atom stereocenters. The van der Waals surface area contributed by atoms with Crippen LogP contribution in [0.4, 0.5) is 11.4 Å². The van der Waals surface area contributed by atoms with Gasteiger partial charge in [0.15, 0.2) is 0 Å². The third-order valence-electron chi connectivity index (χ3n) is 5.84. The van der Waals surface area contributed by atoms with Crippen molar-refractivity contribution in [3.05, 3.63) is 76.2 Å². The minimum absolute atomic E-state index is 0.153. The number of benzene rings is 2. The van der Waals surface area contributed by atoms with Crippen molar-refractivity contribution in [2.75, 3.05) is 17.1 Å². The SMILES string of the molecule is [2H]C([2H])(Nc1c(C#N)cnc2c(Cl)cc(N[C@@]([2H])(c3cccc(C#N)c3)c3cn(C4CC4)nn3)cc12)C(C)(C)C. The van der Waals surface area contributed by atoms with Crippen LogP contribution in [0, 0.1) is 28.1 Å². The van der Waals surface area contributed by atoms with Crippen molar-refractivity contribution in [3.63, 3.8) is 0 Å². The topological polar surface area (TPSA) is 115 Å². The monoisotopic (exact) mass is 513 g/mol. The van der Waals surface area contributed by atoms with Gasteiger partial charge in [-0.05, 0) is 48.1 Å². The molecular formula is C28H27ClN8. The molecule has 0 spiro atoms. The van der Waals surface area contributed by atoms with Crippen LogP contribution in [0.3, 0.4) is 0 Å². The zero-order valence-corrected chi connectivity index (χ0v) is 21.4. The Morgan fingerprint density at radius 3 is 2.76 bits per heavy atom. The van der Waals surface area contributed by atoms with Gasteiger partial charge in [-0.1, -0.05) is 49.7 Å². The van der Waals surface area contributed by atoms with Gasteiger partial charge in [-0.2, -0.15) is 10.5 Å². The number of fused-ring (bicyclic) bond motifs is 1. The Morgan fingerprint density at radius 1 is 1.24 bits per heavy atom. The number of rotatable bonds is 7. The van der Waals surface area contributed by atoms with Crippen molar-refractivity contribution < 1.29 is 4.11 Å². The van der Waals surface area contributed by atoms with E-state index in [1.54, 1.807) is 68.0 Å². The quantitative estimate of drug-likeness (QED) is 0.301. The second kappa shape index (κ2) is 9.72. The molecule has 4 aromatic rings. The van der Waals surface area contributed by atoms with Crippen LogP contribution < -0.4 is 10.6 Å². The van der Waals surface area contributed by atoms with E-state index < -0.39 is 17.9 Å². The van der Waals surface area contributed by atoms with Gasteiger partial charge in [-0.3, -0.25) is 4.98 Å². The average Bonchev–Trinajstić information content (AvgIpc) is 3.63. The molecule has 0 saturated heterocycles. The number of nitrogens with zero attached hydrogens (tertiary/aromatic N) is 6. The molecule has 1 saturated carbocycles. The molecule has 2 N–H and O–H groups in total. The minimum Gasteiger partial charge on any atom is -0.383 e. The molecule has 0 radical (unpaired) electrons. The first-order valence-corrected chi connectivity index (χ1v) is 12.3. The van der Waals surface area contributed by atoms with Crippen LogP contribution >= 0.6 is 11.6 Å². The van der Waals surface area contributed by atoms with E-state index in [1.165, 1.54) is 6.20 Å². The van der Waals surface area contributed by atoms with E-state index in [4.69, 9.17) is 14.3 Å². The molecule has 5 rings (SSSR count). The van der Waals surface area contributed by atoms with Crippen LogP contribution in [0.2, 0.25) is 5.02 Å². The standard InChI is InChI=1S/C28H27ClN8/c1-28(2,3)16-33-25-19(13-31)14-32-27-22(25)10-20(11-23(27)29)34-26(18-6-4-5-17(9-18)12-30)24-15-37(36-35-24)21-7-8-21/h4-6,9-11,14-15,21,26,34H,7-8,16H2,1-3H3,(H,32,33)/t26-/m0/s1/i16D2,26D. The molecule has 0 aliphatic heterocycles. The molecule has 37 heavy (non-hydrogen) atoms. The van der Waals surface area contributed by atoms with Gasteiger partial charge in [-0.25, -0.2) is 4.68 Å². The molecule has 0 amide bonds. The van der Waals surface area contributed by atoms with Gasteiger partial charge < -0.3 is 10.6 Å². The predicted molar refractivity (Wildman–Crippen MR) is 144 cm³/mol. The van der Waals surface area contributed by atoms with Crippen LogP contribution in [0.25, 0.3) is 10.9 Å². The van der Waals surface area contributed by atoms with E-state index in [1.807, 2.05) is 0 Å². The number of aromatic nitrogens is 4. The number of nitrogens with one attached hydrogen (secondary N) is 2. The van der Waals surface area contributed by atoms with Gasteiger partial charge in [0.25, 0.3) is 0 Å². The molecule has 0 bridgehead atoms. The number of hydrogen-bond donors (Lipinski definition) is 2. The summed E-state index contributed by atoms with van der Waals surface area (Å²) in [6, 6.07) is 12.8. The third kappa shape index (κ3) is 5.35. The maximum Gasteiger partial charge on any atom is 0.109 e. The summed E-state index contributed by atoms with van der Waals surface area (Å²) in [4.78, 5) is 4.36. The lowest BCUT2D eigenvalue weighted by atomic mass is 9.96. The van der Waals surface area contributed by atoms with Crippen molar-refractivity contribution in [1.29, 1.82) is 10.5 Å². The second-order valence-corrected chi connectivity index (χ2v) is 10.4. The summed E-state index contributed by atoms with van der Waals surface area (Å²) >= 11 is 6.67. The van der Waals surface area contributed by atoms with E-state index in [9.17, 15) is 11.9 Å². The van der Waals surface area contributed by atoms with Crippen molar-refractivity contribution in [1.82, 2.24) is 20.0 Å². The van der Waals surface area contributed by atoms with E-state index in [2.05, 4.69) is 38.1 Å². The van der Waals surface area contributed by atoms with Crippen LogP contribution in [0.15, 0.2) is 48.8 Å². The predicted octanol–water partition coefficient (Wildman–Crippen LogP) is 6.22. The second-order valence-electron chi connectivity index (χ2n) is 10.0. The van der Waals surface area contributed by atoms with Crippen molar-refractivity contribution in [2.24, 2.45) is 5.41 Å². The maximum absolute atomic E-state index is 9.83. The molecule has 1 aliphatic rings. The smallest absolute Gasteiger partial charge is 0.109 e. The Morgan fingerprint density at radius 2 is 2.05 bits per heavy atom. The summed E-state index contributed by atoms with van der Waals surface area (Å²) in [6.07, 6.45) is 5.09. The fraction of sp³-hybridized carbons (Fsp3) is 0.321. The molecule has 2 heterocycles. The molecule has 1 aliphatic carbocycles. The average molecular weight is 514 g/mol. The highest BCUT2D eigenvalue weighted by molar-refractivity contribution is 6.35. The largest absolute Gasteiger partial charge is 0.383 e. The van der Waals surface area contributed by atoms with Gasteiger partial charge in [0.1, 0.15) is 11.8 Å². The zero-order valence-electron chi connectivity index (χ0n) is 23.7. The van der Waals surface area contributed by atoms with E-state index in [-0.39, 0.29) is 22.3 Å². The van der Waals surface area contributed by atoms with Crippen molar-refractivity contribution >= 4 is 33.9 Å². The van der Waals surface area contributed by atoms with Gasteiger partial charge in [-0.15, -0.1) is 5.10 Å². The van der Waals surface area contributed by atoms with E-state index >= 15 is 0 Å². The minimum atomic E-state index is -1.89. The Balaban J connectivity index is 1.67. The summed E-state index contributed by atoms with van der Waals surface area (Å²) in [7, 11) is 0. The van der Waals surface area contributed by atoms with Gasteiger partial charge >= 0.3 is 0 Å². The third-order valence-corrected chi connectivity index (χ3v) is 6.13. The highest BCUT2D eigenvalue weighted by atomic mass is 35.5. The first-order valence-electron chi connectivity index (χ1n) is 13.4. The Hall–Kier alpha value is -4.14. The normalized spacial score (nSPS) is 16.5. The number of nitriles is 2. The summed E-state index contributed by atoms with van der Waals surface area (Å²) < 4.78 is 28.6. The molecule has 2 aromatic heterocycles. The Kier molecular flexibility index (Phi) is 5.52. The lowest BCUT2D eigenvalue weighted by molar-refractivity contribution is 0.443. The fourth-order valence-electron chi connectivity index (χ4n) is 3.88. The lowest BCUT2D eigenvalue weighted by Gasteiger charge is -2.22. The van der Waals surface area contributed by atoms with E-state index in [0.717, 1.165) is 12.8 Å². The number of pyridine rings is 1. The molecule has 9 heteroatoms. The van der Waals surface area contributed by atoms with Crippen LogP contribution in [-0.2, 0) is 0 Å². The van der Waals surface area contributed by atoms with Gasteiger partial charge in [0.2, 0.25) is 0 Å². The Labute approximate surface area is 225 Å². The lowest BCUT2D eigenvalue weighted by Crippen LogP contribution is -2.20. The summed E-state index contributed by atoms with van der Waals surface area (Å²) in [5, 5.41) is 34.7. The van der Waals surface area contributed by atoms with Crippen molar-refractivity contribution in [3.8, 4) is 12.1 Å². The highest BCUT2D eigenvalue weighted by Crippen LogP contribution is 2.37. The molecule has 1 atom stereocenters. The van der Waals surface area contributed by atoms with Gasteiger partial charge in [0.05, 0.1) is 53.1 Å². The van der Waals surface area contributed by atoms with E-state index in [0.29, 0.717) is 33.4 Å².